The number of thiophene rings is 1. The van der Waals surface area contributed by atoms with E-state index in [9.17, 15) is 18.0 Å². The molecule has 0 N–H and O–H groups in total. The van der Waals surface area contributed by atoms with Crippen molar-refractivity contribution in [1.29, 1.82) is 0 Å². The van der Waals surface area contributed by atoms with Gasteiger partial charge in [-0.1, -0.05) is 18.2 Å². The average Bonchev–Trinajstić information content (AvgIpc) is 3.26. The molecule has 0 aliphatic carbocycles. The molecule has 0 atom stereocenters. The summed E-state index contributed by atoms with van der Waals surface area (Å²) in [6.07, 6.45) is -4.45. The Bertz CT molecular complexity index is 891. The standard InChI is InChI=1S/C16H14F3N5OS/c1-23(9-13-6-3-7-26-13)14(25)10-24-21-15(20-22-24)11-4-2-5-12(8-11)16(17,18)19/h2-8H,9-10H2,1H3. The number of carbonyl (C=O) groups excluding carboxylic acids is 1. The summed E-state index contributed by atoms with van der Waals surface area (Å²) in [5.74, 6) is -0.198. The van der Waals surface area contributed by atoms with Gasteiger partial charge in [0.15, 0.2) is 0 Å². The first kappa shape index (κ1) is 18.1. The third-order valence-corrected chi connectivity index (χ3v) is 4.44. The lowest BCUT2D eigenvalue weighted by molar-refractivity contribution is -0.137. The molecule has 2 aromatic heterocycles. The summed E-state index contributed by atoms with van der Waals surface area (Å²) in [5.41, 5.74) is -0.608. The zero-order valence-corrected chi connectivity index (χ0v) is 14.5. The van der Waals surface area contributed by atoms with Crippen LogP contribution in [0.5, 0.6) is 0 Å². The van der Waals surface area contributed by atoms with Gasteiger partial charge in [-0.3, -0.25) is 4.79 Å². The number of tetrazole rings is 1. The maximum Gasteiger partial charge on any atom is 0.416 e. The summed E-state index contributed by atoms with van der Waals surface area (Å²) >= 11 is 1.54. The fourth-order valence-electron chi connectivity index (χ4n) is 2.23. The number of benzene rings is 1. The monoisotopic (exact) mass is 381 g/mol. The second kappa shape index (κ2) is 7.24. The second-order valence-corrected chi connectivity index (χ2v) is 6.58. The fraction of sp³-hybridized carbons (Fsp3) is 0.250. The van der Waals surface area contributed by atoms with E-state index >= 15 is 0 Å². The molecule has 1 amide bonds. The lowest BCUT2D eigenvalue weighted by atomic mass is 10.1. The number of aromatic nitrogens is 4. The van der Waals surface area contributed by atoms with Crippen molar-refractivity contribution >= 4 is 17.2 Å². The molecule has 10 heteroatoms. The molecule has 0 fully saturated rings. The molecule has 0 radical (unpaired) electrons. The van der Waals surface area contributed by atoms with Gasteiger partial charge in [0.1, 0.15) is 6.54 Å². The van der Waals surface area contributed by atoms with Gasteiger partial charge in [-0.2, -0.15) is 18.0 Å². The van der Waals surface area contributed by atoms with Crippen molar-refractivity contribution in [1.82, 2.24) is 25.1 Å². The molecule has 3 aromatic rings. The van der Waals surface area contributed by atoms with Crippen molar-refractivity contribution in [2.24, 2.45) is 0 Å². The number of nitrogens with zero attached hydrogens (tertiary/aromatic N) is 5. The number of hydrogen-bond acceptors (Lipinski definition) is 5. The van der Waals surface area contributed by atoms with Crippen molar-refractivity contribution in [3.05, 3.63) is 52.2 Å². The Kier molecular flexibility index (Phi) is 5.03. The van der Waals surface area contributed by atoms with Gasteiger partial charge in [0.25, 0.3) is 0 Å². The van der Waals surface area contributed by atoms with E-state index in [0.717, 1.165) is 21.8 Å². The SMILES string of the molecule is CN(Cc1cccs1)C(=O)Cn1nnc(-c2cccc(C(F)(F)F)c2)n1. The van der Waals surface area contributed by atoms with E-state index in [1.165, 1.54) is 17.0 Å². The maximum absolute atomic E-state index is 12.8. The summed E-state index contributed by atoms with van der Waals surface area (Å²) < 4.78 is 38.4. The third-order valence-electron chi connectivity index (χ3n) is 3.58. The van der Waals surface area contributed by atoms with Crippen molar-refractivity contribution in [3.63, 3.8) is 0 Å². The summed E-state index contributed by atoms with van der Waals surface area (Å²) in [7, 11) is 1.66. The van der Waals surface area contributed by atoms with Gasteiger partial charge in [-0.25, -0.2) is 0 Å². The molecular weight excluding hydrogens is 367 g/mol. The molecule has 3 rings (SSSR count). The van der Waals surface area contributed by atoms with E-state index in [0.29, 0.717) is 6.54 Å². The van der Waals surface area contributed by atoms with Crippen LogP contribution in [0.1, 0.15) is 10.4 Å². The van der Waals surface area contributed by atoms with Crippen molar-refractivity contribution in [2.45, 2.75) is 19.3 Å². The molecule has 2 heterocycles. The van der Waals surface area contributed by atoms with Crippen LogP contribution in [-0.2, 0) is 24.1 Å². The highest BCUT2D eigenvalue weighted by atomic mass is 32.1. The van der Waals surface area contributed by atoms with E-state index < -0.39 is 11.7 Å². The normalized spacial score (nSPS) is 11.5. The summed E-state index contributed by atoms with van der Waals surface area (Å²) in [6.45, 7) is 0.319. The van der Waals surface area contributed by atoms with Gasteiger partial charge in [0, 0.05) is 17.5 Å². The Morgan fingerprint density at radius 1 is 1.27 bits per heavy atom. The number of halogens is 3. The third kappa shape index (κ3) is 4.26. The summed E-state index contributed by atoms with van der Waals surface area (Å²) in [5, 5.41) is 13.4. The maximum atomic E-state index is 12.8. The first-order valence-electron chi connectivity index (χ1n) is 7.55. The Labute approximate surface area is 150 Å². The number of carbonyl (C=O) groups is 1. The molecule has 0 spiro atoms. The molecule has 0 unspecified atom stereocenters. The van der Waals surface area contributed by atoms with Gasteiger partial charge in [-0.15, -0.1) is 21.5 Å². The van der Waals surface area contributed by atoms with Crippen LogP contribution in [0.2, 0.25) is 0 Å². The lowest BCUT2D eigenvalue weighted by Crippen LogP contribution is -2.30. The van der Waals surface area contributed by atoms with E-state index in [4.69, 9.17) is 0 Å². The molecule has 0 aliphatic heterocycles. The Morgan fingerprint density at radius 2 is 2.08 bits per heavy atom. The number of alkyl halides is 3. The number of rotatable bonds is 5. The second-order valence-electron chi connectivity index (χ2n) is 5.55. The van der Waals surface area contributed by atoms with Crippen LogP contribution in [-0.4, -0.2) is 38.1 Å². The quantitative estimate of drug-likeness (QED) is 0.681. The van der Waals surface area contributed by atoms with Gasteiger partial charge < -0.3 is 4.90 Å². The number of amides is 1. The van der Waals surface area contributed by atoms with Crippen molar-refractivity contribution in [2.75, 3.05) is 7.05 Å². The fourth-order valence-corrected chi connectivity index (χ4v) is 2.98. The van der Waals surface area contributed by atoms with Crippen LogP contribution >= 0.6 is 11.3 Å². The average molecular weight is 381 g/mol. The van der Waals surface area contributed by atoms with Crippen LogP contribution in [0.15, 0.2) is 41.8 Å². The van der Waals surface area contributed by atoms with Crippen LogP contribution in [0.25, 0.3) is 11.4 Å². The van der Waals surface area contributed by atoms with Crippen molar-refractivity contribution in [3.8, 4) is 11.4 Å². The highest BCUT2D eigenvalue weighted by Crippen LogP contribution is 2.31. The zero-order valence-electron chi connectivity index (χ0n) is 13.6. The lowest BCUT2D eigenvalue weighted by Gasteiger charge is -2.15. The summed E-state index contributed by atoms with van der Waals surface area (Å²) in [6, 6.07) is 8.48. The Balaban J connectivity index is 1.69. The van der Waals surface area contributed by atoms with Gasteiger partial charge in [0.2, 0.25) is 11.7 Å². The highest BCUT2D eigenvalue weighted by Gasteiger charge is 2.30. The van der Waals surface area contributed by atoms with Crippen LogP contribution in [0.4, 0.5) is 13.2 Å². The molecular formula is C16H14F3N5OS. The summed E-state index contributed by atoms with van der Waals surface area (Å²) in [4.78, 5) is 15.9. The van der Waals surface area contributed by atoms with E-state index in [-0.39, 0.29) is 23.8 Å². The predicted octanol–water partition coefficient (Wildman–Crippen LogP) is 3.08. The largest absolute Gasteiger partial charge is 0.416 e. The first-order chi connectivity index (χ1) is 12.3. The molecule has 1 aromatic carbocycles. The van der Waals surface area contributed by atoms with E-state index in [2.05, 4.69) is 15.4 Å². The molecule has 0 aliphatic rings. The minimum Gasteiger partial charge on any atom is -0.339 e. The van der Waals surface area contributed by atoms with E-state index in [1.54, 1.807) is 18.4 Å². The molecule has 26 heavy (non-hydrogen) atoms. The Morgan fingerprint density at radius 3 is 2.77 bits per heavy atom. The molecule has 136 valence electrons. The van der Waals surface area contributed by atoms with Crippen LogP contribution in [0, 0.1) is 0 Å². The minimum absolute atomic E-state index is 0.0322. The molecule has 0 saturated carbocycles. The van der Waals surface area contributed by atoms with Crippen LogP contribution in [0.3, 0.4) is 0 Å². The van der Waals surface area contributed by atoms with Gasteiger partial charge in [0.05, 0.1) is 12.1 Å². The first-order valence-corrected chi connectivity index (χ1v) is 8.42. The predicted molar refractivity (Wildman–Crippen MR) is 89.0 cm³/mol. The number of hydrogen-bond donors (Lipinski definition) is 0. The van der Waals surface area contributed by atoms with Gasteiger partial charge >= 0.3 is 6.18 Å². The molecule has 0 bridgehead atoms. The Hall–Kier alpha value is -2.75. The molecule has 0 saturated heterocycles. The highest BCUT2D eigenvalue weighted by molar-refractivity contribution is 7.09. The van der Waals surface area contributed by atoms with Gasteiger partial charge in [-0.05, 0) is 28.8 Å². The van der Waals surface area contributed by atoms with Crippen molar-refractivity contribution < 1.29 is 18.0 Å². The van der Waals surface area contributed by atoms with Crippen LogP contribution < -0.4 is 0 Å². The topological polar surface area (TPSA) is 63.9 Å². The number of likely N-dealkylation sites (N-methyl/N-ethyl adjacent to an activating group) is 1. The minimum atomic E-state index is -4.45. The van der Waals surface area contributed by atoms with E-state index in [1.807, 2.05) is 17.5 Å². The smallest absolute Gasteiger partial charge is 0.339 e. The molecule has 6 nitrogen and oxygen atoms in total. The zero-order chi connectivity index (χ0) is 18.7.